The highest BCUT2D eigenvalue weighted by atomic mass is 16.5. The SMILES string of the molecule is CC(CCCO)NC1c2ccccc2OC1(C)C. The first-order valence-electron chi connectivity index (χ1n) is 6.69. The second-order valence-electron chi connectivity index (χ2n) is 5.61. The molecule has 2 unspecified atom stereocenters. The summed E-state index contributed by atoms with van der Waals surface area (Å²) >= 11 is 0. The molecule has 3 nitrogen and oxygen atoms in total. The van der Waals surface area contributed by atoms with Crippen LogP contribution < -0.4 is 10.1 Å². The summed E-state index contributed by atoms with van der Waals surface area (Å²) in [6.07, 6.45) is 1.81. The molecule has 2 N–H and O–H groups in total. The van der Waals surface area contributed by atoms with Crippen LogP contribution in [0.3, 0.4) is 0 Å². The largest absolute Gasteiger partial charge is 0.486 e. The number of aliphatic hydroxyl groups is 1. The summed E-state index contributed by atoms with van der Waals surface area (Å²) in [6.45, 7) is 6.65. The number of benzene rings is 1. The van der Waals surface area contributed by atoms with Gasteiger partial charge in [-0.15, -0.1) is 0 Å². The molecule has 0 saturated heterocycles. The van der Waals surface area contributed by atoms with Crippen molar-refractivity contribution in [1.29, 1.82) is 0 Å². The molecular weight excluding hydrogens is 226 g/mol. The third kappa shape index (κ3) is 2.68. The van der Waals surface area contributed by atoms with Gasteiger partial charge in [0.2, 0.25) is 0 Å². The third-order valence-corrected chi connectivity index (χ3v) is 3.54. The number of para-hydroxylation sites is 1. The van der Waals surface area contributed by atoms with Crippen LogP contribution in [0.2, 0.25) is 0 Å². The van der Waals surface area contributed by atoms with Crippen molar-refractivity contribution in [3.8, 4) is 5.75 Å². The van der Waals surface area contributed by atoms with Gasteiger partial charge in [0.05, 0.1) is 6.04 Å². The zero-order valence-electron chi connectivity index (χ0n) is 11.4. The Bertz CT molecular complexity index is 403. The van der Waals surface area contributed by atoms with Gasteiger partial charge in [-0.25, -0.2) is 0 Å². The van der Waals surface area contributed by atoms with E-state index in [1.807, 2.05) is 12.1 Å². The van der Waals surface area contributed by atoms with Crippen LogP contribution in [0.4, 0.5) is 0 Å². The molecule has 1 heterocycles. The van der Waals surface area contributed by atoms with Crippen LogP contribution in [0, 0.1) is 0 Å². The summed E-state index contributed by atoms with van der Waals surface area (Å²) in [6, 6.07) is 8.79. The number of hydrogen-bond acceptors (Lipinski definition) is 3. The first kappa shape index (κ1) is 13.4. The van der Waals surface area contributed by atoms with Crippen LogP contribution in [0.15, 0.2) is 24.3 Å². The molecule has 18 heavy (non-hydrogen) atoms. The number of rotatable bonds is 5. The molecule has 0 fully saturated rings. The Morgan fingerprint density at radius 1 is 1.39 bits per heavy atom. The second-order valence-corrected chi connectivity index (χ2v) is 5.61. The molecule has 0 aliphatic carbocycles. The van der Waals surface area contributed by atoms with Gasteiger partial charge in [-0.3, -0.25) is 0 Å². The fourth-order valence-corrected chi connectivity index (χ4v) is 2.58. The number of ether oxygens (including phenoxy) is 1. The van der Waals surface area contributed by atoms with E-state index in [1.165, 1.54) is 5.56 Å². The summed E-state index contributed by atoms with van der Waals surface area (Å²) in [5.74, 6) is 0.981. The van der Waals surface area contributed by atoms with Gasteiger partial charge in [-0.05, 0) is 39.7 Å². The highest BCUT2D eigenvalue weighted by molar-refractivity contribution is 5.42. The van der Waals surface area contributed by atoms with E-state index >= 15 is 0 Å². The molecule has 0 bridgehead atoms. The maximum absolute atomic E-state index is 8.88. The van der Waals surface area contributed by atoms with E-state index in [9.17, 15) is 0 Å². The molecule has 0 amide bonds. The van der Waals surface area contributed by atoms with E-state index in [0.29, 0.717) is 6.04 Å². The fourth-order valence-electron chi connectivity index (χ4n) is 2.58. The number of fused-ring (bicyclic) bond motifs is 1. The van der Waals surface area contributed by atoms with Crippen LogP contribution >= 0.6 is 0 Å². The predicted molar refractivity (Wildman–Crippen MR) is 72.8 cm³/mol. The molecule has 1 aromatic carbocycles. The van der Waals surface area contributed by atoms with Gasteiger partial charge < -0.3 is 15.2 Å². The highest BCUT2D eigenvalue weighted by Crippen LogP contribution is 2.42. The fraction of sp³-hybridized carbons (Fsp3) is 0.600. The van der Waals surface area contributed by atoms with Gasteiger partial charge in [0.25, 0.3) is 0 Å². The number of nitrogens with one attached hydrogen (secondary N) is 1. The highest BCUT2D eigenvalue weighted by Gasteiger charge is 2.41. The van der Waals surface area contributed by atoms with Crippen molar-refractivity contribution < 1.29 is 9.84 Å². The van der Waals surface area contributed by atoms with E-state index in [-0.39, 0.29) is 18.2 Å². The first-order chi connectivity index (χ1) is 8.54. The molecule has 0 aromatic heterocycles. The lowest BCUT2D eigenvalue weighted by Gasteiger charge is -2.30. The van der Waals surface area contributed by atoms with Crippen molar-refractivity contribution in [2.75, 3.05) is 6.61 Å². The molecule has 2 rings (SSSR count). The van der Waals surface area contributed by atoms with Crippen LogP contribution in [-0.4, -0.2) is 23.4 Å². The second kappa shape index (κ2) is 5.29. The molecule has 1 aliphatic rings. The summed E-state index contributed by atoms with van der Waals surface area (Å²) in [5.41, 5.74) is 1.01. The smallest absolute Gasteiger partial charge is 0.125 e. The Labute approximate surface area is 109 Å². The predicted octanol–water partition coefficient (Wildman–Crippen LogP) is 2.65. The lowest BCUT2D eigenvalue weighted by molar-refractivity contribution is 0.0908. The van der Waals surface area contributed by atoms with Gasteiger partial charge in [-0.2, -0.15) is 0 Å². The molecule has 0 spiro atoms. The van der Waals surface area contributed by atoms with Crippen LogP contribution in [0.1, 0.15) is 45.2 Å². The van der Waals surface area contributed by atoms with Crippen molar-refractivity contribution in [3.63, 3.8) is 0 Å². The van der Waals surface area contributed by atoms with Gasteiger partial charge in [0, 0.05) is 18.2 Å². The Kier molecular flexibility index (Phi) is 3.93. The summed E-state index contributed by atoms with van der Waals surface area (Å²) in [4.78, 5) is 0. The topological polar surface area (TPSA) is 41.5 Å². The standard InChI is InChI=1S/C15H23NO2/c1-11(7-6-10-17)16-14-12-8-4-5-9-13(12)18-15(14,2)3/h4-5,8-9,11,14,16-17H,6-7,10H2,1-3H3. The zero-order chi connectivity index (χ0) is 13.2. The normalized spacial score (nSPS) is 22.3. The third-order valence-electron chi connectivity index (χ3n) is 3.54. The molecular formula is C15H23NO2. The minimum Gasteiger partial charge on any atom is -0.486 e. The molecule has 0 saturated carbocycles. The monoisotopic (exact) mass is 249 g/mol. The van der Waals surface area contributed by atoms with Gasteiger partial charge in [-0.1, -0.05) is 18.2 Å². The van der Waals surface area contributed by atoms with E-state index in [2.05, 4.69) is 38.2 Å². The van der Waals surface area contributed by atoms with Crippen LogP contribution in [0.5, 0.6) is 5.75 Å². The minimum absolute atomic E-state index is 0.211. The average Bonchev–Trinajstić information content (AvgIpc) is 2.58. The maximum Gasteiger partial charge on any atom is 0.125 e. The van der Waals surface area contributed by atoms with Crippen LogP contribution in [-0.2, 0) is 0 Å². The van der Waals surface area contributed by atoms with E-state index < -0.39 is 0 Å². The Morgan fingerprint density at radius 3 is 2.83 bits per heavy atom. The van der Waals surface area contributed by atoms with Gasteiger partial charge in [0.1, 0.15) is 11.4 Å². The molecule has 100 valence electrons. The van der Waals surface area contributed by atoms with Gasteiger partial charge in [0.15, 0.2) is 0 Å². The van der Waals surface area contributed by atoms with Crippen molar-refractivity contribution in [2.24, 2.45) is 0 Å². The first-order valence-corrected chi connectivity index (χ1v) is 6.69. The lowest BCUT2D eigenvalue weighted by Crippen LogP contribution is -2.42. The van der Waals surface area contributed by atoms with Crippen molar-refractivity contribution in [3.05, 3.63) is 29.8 Å². The Balaban J connectivity index is 2.11. The van der Waals surface area contributed by atoms with E-state index in [4.69, 9.17) is 9.84 Å². The van der Waals surface area contributed by atoms with Crippen molar-refractivity contribution in [1.82, 2.24) is 5.32 Å². The van der Waals surface area contributed by atoms with E-state index in [0.717, 1.165) is 18.6 Å². The summed E-state index contributed by atoms with van der Waals surface area (Å²) in [5, 5.41) is 12.5. The zero-order valence-corrected chi connectivity index (χ0v) is 11.4. The maximum atomic E-state index is 8.88. The van der Waals surface area contributed by atoms with Gasteiger partial charge >= 0.3 is 0 Å². The molecule has 3 heteroatoms. The quantitative estimate of drug-likeness (QED) is 0.843. The van der Waals surface area contributed by atoms with E-state index in [1.54, 1.807) is 0 Å². The summed E-state index contributed by atoms with van der Waals surface area (Å²) in [7, 11) is 0. The average molecular weight is 249 g/mol. The van der Waals surface area contributed by atoms with Crippen molar-refractivity contribution >= 4 is 0 Å². The minimum atomic E-state index is -0.225. The number of aliphatic hydroxyl groups excluding tert-OH is 1. The number of hydrogen-bond donors (Lipinski definition) is 2. The summed E-state index contributed by atoms with van der Waals surface area (Å²) < 4.78 is 6.00. The molecule has 2 atom stereocenters. The van der Waals surface area contributed by atoms with Crippen LogP contribution in [0.25, 0.3) is 0 Å². The molecule has 0 radical (unpaired) electrons. The molecule has 1 aliphatic heterocycles. The Hall–Kier alpha value is -1.06. The van der Waals surface area contributed by atoms with Crippen molar-refractivity contribution in [2.45, 2.75) is 51.3 Å². The molecule has 1 aromatic rings. The Morgan fingerprint density at radius 2 is 2.11 bits per heavy atom. The lowest BCUT2D eigenvalue weighted by atomic mass is 9.93.